The van der Waals surface area contributed by atoms with Gasteiger partial charge in [0.15, 0.2) is 6.04 Å². The van der Waals surface area contributed by atoms with Crippen molar-refractivity contribution in [2.45, 2.75) is 64.8 Å². The summed E-state index contributed by atoms with van der Waals surface area (Å²) >= 11 is 0. The van der Waals surface area contributed by atoms with Crippen molar-refractivity contribution < 1.29 is 29.0 Å². The Hall–Kier alpha value is -4.17. The molecule has 0 bridgehead atoms. The lowest BCUT2D eigenvalue weighted by molar-refractivity contribution is -0.147. The number of amides is 2. The number of ether oxygens (including phenoxy) is 2. The first kappa shape index (κ1) is 29.8. The highest BCUT2D eigenvalue weighted by Crippen LogP contribution is 2.44. The van der Waals surface area contributed by atoms with Gasteiger partial charge in [0.1, 0.15) is 12.6 Å². The molecule has 3 N–H and O–H groups in total. The molecular formula is C33H38N2O6. The van der Waals surface area contributed by atoms with Crippen LogP contribution in [0.5, 0.6) is 0 Å². The minimum Gasteiger partial charge on any atom is -0.480 e. The molecule has 0 saturated carbocycles. The number of hydrogen-bond acceptors (Lipinski definition) is 5. The summed E-state index contributed by atoms with van der Waals surface area (Å²) in [4.78, 5) is 38.4. The molecule has 3 aromatic carbocycles. The molecule has 0 fully saturated rings. The lowest BCUT2D eigenvalue weighted by Crippen LogP contribution is -2.56. The number of alkyl carbamates (subject to hydrolysis) is 1. The van der Waals surface area contributed by atoms with E-state index in [0.29, 0.717) is 0 Å². The van der Waals surface area contributed by atoms with E-state index in [-0.39, 0.29) is 31.0 Å². The zero-order valence-corrected chi connectivity index (χ0v) is 23.9. The number of carboxylic acids is 1. The van der Waals surface area contributed by atoms with E-state index in [1.807, 2.05) is 87.5 Å². The molecule has 1 unspecified atom stereocenters. The Morgan fingerprint density at radius 2 is 1.41 bits per heavy atom. The van der Waals surface area contributed by atoms with E-state index >= 15 is 0 Å². The molecule has 0 spiro atoms. The smallest absolute Gasteiger partial charge is 0.407 e. The monoisotopic (exact) mass is 558 g/mol. The van der Waals surface area contributed by atoms with Gasteiger partial charge in [0.25, 0.3) is 0 Å². The molecule has 1 aliphatic rings. The molecule has 0 aromatic heterocycles. The Kier molecular flexibility index (Phi) is 9.45. The predicted octanol–water partition coefficient (Wildman–Crippen LogP) is 5.50. The number of nitrogens with one attached hydrogen (secondary N) is 2. The minimum absolute atomic E-state index is 0.103. The normalized spacial score (nSPS) is 14.7. The molecule has 0 aliphatic heterocycles. The van der Waals surface area contributed by atoms with Crippen LogP contribution in [0, 0.1) is 5.41 Å². The molecule has 216 valence electrons. The predicted molar refractivity (Wildman–Crippen MR) is 156 cm³/mol. The maximum absolute atomic E-state index is 13.3. The van der Waals surface area contributed by atoms with Crippen molar-refractivity contribution in [3.8, 4) is 11.1 Å². The van der Waals surface area contributed by atoms with Crippen LogP contribution in [0.1, 0.15) is 56.7 Å². The first-order valence-electron chi connectivity index (χ1n) is 13.8. The van der Waals surface area contributed by atoms with E-state index < -0.39 is 36.2 Å². The maximum atomic E-state index is 13.3. The quantitative estimate of drug-likeness (QED) is 0.286. The number of aliphatic carboxylic acids is 1. The second-order valence-corrected chi connectivity index (χ2v) is 11.6. The van der Waals surface area contributed by atoms with Gasteiger partial charge in [-0.05, 0) is 46.6 Å². The largest absolute Gasteiger partial charge is 0.480 e. The van der Waals surface area contributed by atoms with Crippen LogP contribution in [0.3, 0.4) is 0 Å². The fraction of sp³-hybridized carbons (Fsp3) is 0.364. The molecule has 3 aromatic rings. The molecule has 3 atom stereocenters. The Bertz CT molecular complexity index is 1320. The molecule has 8 nitrogen and oxygen atoms in total. The summed E-state index contributed by atoms with van der Waals surface area (Å²) in [7, 11) is 0. The summed E-state index contributed by atoms with van der Waals surface area (Å²) in [6.07, 6.45) is -1.29. The topological polar surface area (TPSA) is 114 Å². The van der Waals surface area contributed by atoms with Gasteiger partial charge >= 0.3 is 12.1 Å². The van der Waals surface area contributed by atoms with Gasteiger partial charge in [0.05, 0.1) is 12.7 Å². The van der Waals surface area contributed by atoms with Crippen molar-refractivity contribution >= 4 is 18.0 Å². The molecule has 4 rings (SSSR count). The van der Waals surface area contributed by atoms with Crippen LogP contribution >= 0.6 is 0 Å². The third-order valence-electron chi connectivity index (χ3n) is 7.16. The summed E-state index contributed by atoms with van der Waals surface area (Å²) in [5.41, 5.74) is 4.94. The number of benzene rings is 3. The van der Waals surface area contributed by atoms with Crippen LogP contribution in [0.25, 0.3) is 11.1 Å². The Labute approximate surface area is 241 Å². The van der Waals surface area contributed by atoms with Crippen molar-refractivity contribution in [2.24, 2.45) is 5.41 Å². The highest BCUT2D eigenvalue weighted by Gasteiger charge is 2.34. The van der Waals surface area contributed by atoms with Crippen LogP contribution < -0.4 is 10.6 Å². The van der Waals surface area contributed by atoms with Crippen LogP contribution in [-0.2, 0) is 25.7 Å². The molecular weight excluding hydrogens is 520 g/mol. The summed E-state index contributed by atoms with van der Waals surface area (Å²) in [5, 5.41) is 15.1. The lowest BCUT2D eigenvalue weighted by Gasteiger charge is -2.28. The van der Waals surface area contributed by atoms with E-state index in [1.54, 1.807) is 6.92 Å². The third kappa shape index (κ3) is 7.73. The van der Waals surface area contributed by atoms with Crippen molar-refractivity contribution in [3.63, 3.8) is 0 Å². The molecule has 41 heavy (non-hydrogen) atoms. The molecule has 1 aliphatic carbocycles. The van der Waals surface area contributed by atoms with Gasteiger partial charge in [-0.15, -0.1) is 0 Å². The number of carbonyl (C=O) groups is 3. The summed E-state index contributed by atoms with van der Waals surface area (Å²) in [5.74, 6) is -1.97. The van der Waals surface area contributed by atoms with Gasteiger partial charge in [-0.25, -0.2) is 9.59 Å². The van der Waals surface area contributed by atoms with Crippen LogP contribution in [-0.4, -0.2) is 47.9 Å². The maximum Gasteiger partial charge on any atom is 0.407 e. The first-order chi connectivity index (χ1) is 19.5. The van der Waals surface area contributed by atoms with Crippen LogP contribution in [0.2, 0.25) is 0 Å². The Morgan fingerprint density at radius 1 is 0.854 bits per heavy atom. The Balaban J connectivity index is 1.40. The number of carbonyl (C=O) groups excluding carboxylic acids is 2. The summed E-state index contributed by atoms with van der Waals surface area (Å²) in [6.45, 7) is 7.71. The fourth-order valence-corrected chi connectivity index (χ4v) is 5.14. The fourth-order valence-electron chi connectivity index (χ4n) is 5.14. The number of hydrogen-bond donors (Lipinski definition) is 3. The van der Waals surface area contributed by atoms with Crippen LogP contribution in [0.15, 0.2) is 78.9 Å². The molecule has 8 heteroatoms. The minimum atomic E-state index is -1.31. The highest BCUT2D eigenvalue weighted by atomic mass is 16.5. The number of fused-ring (bicyclic) bond motifs is 3. The van der Waals surface area contributed by atoms with Crippen molar-refractivity contribution in [1.29, 1.82) is 0 Å². The SMILES string of the molecule is C[C@@H](OCc1ccccc1)[C@H](NC(=O)C(CC(C)(C)C)NC(=O)OCC1c2ccccc2-c2ccccc21)C(=O)O. The van der Waals surface area contributed by atoms with E-state index in [9.17, 15) is 19.5 Å². The van der Waals surface area contributed by atoms with E-state index in [4.69, 9.17) is 9.47 Å². The van der Waals surface area contributed by atoms with Gasteiger partial charge in [0.2, 0.25) is 5.91 Å². The van der Waals surface area contributed by atoms with Crippen molar-refractivity contribution in [3.05, 3.63) is 95.6 Å². The highest BCUT2D eigenvalue weighted by molar-refractivity contribution is 5.89. The zero-order valence-electron chi connectivity index (χ0n) is 23.9. The molecule has 0 radical (unpaired) electrons. The third-order valence-corrected chi connectivity index (χ3v) is 7.16. The van der Waals surface area contributed by atoms with Crippen molar-refractivity contribution in [2.75, 3.05) is 6.61 Å². The second-order valence-electron chi connectivity index (χ2n) is 11.6. The lowest BCUT2D eigenvalue weighted by atomic mass is 9.87. The second kappa shape index (κ2) is 13.0. The van der Waals surface area contributed by atoms with E-state index in [1.165, 1.54) is 0 Å². The van der Waals surface area contributed by atoms with Gasteiger partial charge < -0.3 is 25.2 Å². The summed E-state index contributed by atoms with van der Waals surface area (Å²) in [6, 6.07) is 23.1. The van der Waals surface area contributed by atoms with Gasteiger partial charge in [0, 0.05) is 5.92 Å². The van der Waals surface area contributed by atoms with Gasteiger partial charge in [-0.1, -0.05) is 99.6 Å². The van der Waals surface area contributed by atoms with Crippen molar-refractivity contribution in [1.82, 2.24) is 10.6 Å². The number of rotatable bonds is 11. The van der Waals surface area contributed by atoms with Gasteiger partial charge in [-0.2, -0.15) is 0 Å². The Morgan fingerprint density at radius 3 is 1.98 bits per heavy atom. The van der Waals surface area contributed by atoms with Crippen LogP contribution in [0.4, 0.5) is 4.79 Å². The number of carboxylic acid groups (broad SMARTS) is 1. The van der Waals surface area contributed by atoms with E-state index in [0.717, 1.165) is 27.8 Å². The zero-order chi connectivity index (χ0) is 29.6. The average molecular weight is 559 g/mol. The standard InChI is InChI=1S/C33H38N2O6/c1-21(40-19-22-12-6-5-7-13-22)29(31(37)38)35-30(36)28(18-33(2,3)4)34-32(39)41-20-27-25-16-10-8-14-23(25)24-15-9-11-17-26(24)27/h5-17,21,27-29H,18-20H2,1-4H3,(H,34,39)(H,35,36)(H,37,38)/t21-,28?,29+/m1/s1. The van der Waals surface area contributed by atoms with Gasteiger partial charge in [-0.3, -0.25) is 4.79 Å². The molecule has 2 amide bonds. The first-order valence-corrected chi connectivity index (χ1v) is 13.8. The molecule has 0 saturated heterocycles. The summed E-state index contributed by atoms with van der Waals surface area (Å²) < 4.78 is 11.4. The molecule has 0 heterocycles. The average Bonchev–Trinajstić information content (AvgIpc) is 3.26. The van der Waals surface area contributed by atoms with E-state index in [2.05, 4.69) is 22.8 Å².